The second kappa shape index (κ2) is 8.92. The minimum absolute atomic E-state index is 0.343. The molecule has 2 aromatic heterocycles. The minimum atomic E-state index is -0.370. The van der Waals surface area contributed by atoms with Gasteiger partial charge < -0.3 is 14.0 Å². The third-order valence-electron chi connectivity index (χ3n) is 5.05. The average Bonchev–Trinajstić information content (AvgIpc) is 3.30. The van der Waals surface area contributed by atoms with Crippen LogP contribution >= 0.6 is 0 Å². The van der Waals surface area contributed by atoms with Crippen molar-refractivity contribution in [2.24, 2.45) is 7.05 Å². The Labute approximate surface area is 181 Å². The molecule has 0 aliphatic carbocycles. The lowest BCUT2D eigenvalue weighted by Crippen LogP contribution is -2.04. The molecule has 0 N–H and O–H groups in total. The Morgan fingerprint density at radius 2 is 1.94 bits per heavy atom. The Morgan fingerprint density at radius 3 is 2.71 bits per heavy atom. The van der Waals surface area contributed by atoms with E-state index in [0.717, 1.165) is 39.3 Å². The van der Waals surface area contributed by atoms with Gasteiger partial charge in [-0.05, 0) is 43.7 Å². The van der Waals surface area contributed by atoms with Crippen LogP contribution in [0.4, 0.5) is 0 Å². The van der Waals surface area contributed by atoms with Crippen molar-refractivity contribution in [3.05, 3.63) is 83.7 Å². The van der Waals surface area contributed by atoms with Gasteiger partial charge in [0.15, 0.2) is 0 Å². The summed E-state index contributed by atoms with van der Waals surface area (Å²) in [5, 5.41) is 5.65. The van der Waals surface area contributed by atoms with Crippen LogP contribution in [0.3, 0.4) is 0 Å². The molecule has 4 rings (SSSR count). The van der Waals surface area contributed by atoms with E-state index < -0.39 is 0 Å². The molecule has 4 aromatic rings. The lowest BCUT2D eigenvalue weighted by atomic mass is 10.2. The van der Waals surface area contributed by atoms with Crippen molar-refractivity contribution in [2.75, 3.05) is 6.61 Å². The van der Waals surface area contributed by atoms with Crippen LogP contribution in [0.5, 0.6) is 5.75 Å². The Bertz CT molecular complexity index is 1240. The van der Waals surface area contributed by atoms with Crippen LogP contribution in [0.2, 0.25) is 0 Å². The topological polar surface area (TPSA) is 58.3 Å². The normalized spacial score (nSPS) is 11.3. The number of hydrogen-bond donors (Lipinski definition) is 0. The van der Waals surface area contributed by atoms with E-state index in [2.05, 4.69) is 15.7 Å². The fraction of sp³-hybridized carbons (Fsp3) is 0.200. The van der Waals surface area contributed by atoms with E-state index in [1.54, 1.807) is 13.0 Å². The molecule has 0 atom stereocenters. The van der Waals surface area contributed by atoms with Crippen LogP contribution in [0.1, 0.15) is 23.7 Å². The van der Waals surface area contributed by atoms with Gasteiger partial charge >= 0.3 is 5.97 Å². The number of aryl methyl sites for hydroxylation is 2. The van der Waals surface area contributed by atoms with Crippen LogP contribution in [0.25, 0.3) is 22.8 Å². The molecule has 0 amide bonds. The first-order valence-corrected chi connectivity index (χ1v) is 10.2. The highest BCUT2D eigenvalue weighted by Crippen LogP contribution is 2.28. The molecule has 0 unspecified atom stereocenters. The van der Waals surface area contributed by atoms with Crippen LogP contribution in [-0.4, -0.2) is 26.9 Å². The van der Waals surface area contributed by atoms with Crippen molar-refractivity contribution in [1.82, 2.24) is 14.3 Å². The lowest BCUT2D eigenvalue weighted by molar-refractivity contribution is -0.137. The summed E-state index contributed by atoms with van der Waals surface area (Å²) in [6.07, 6.45) is 5.21. The first-order chi connectivity index (χ1) is 15.1. The van der Waals surface area contributed by atoms with Crippen molar-refractivity contribution in [2.45, 2.75) is 20.5 Å². The van der Waals surface area contributed by atoms with E-state index in [4.69, 9.17) is 9.47 Å². The van der Waals surface area contributed by atoms with Crippen LogP contribution in [-0.2, 0) is 23.2 Å². The molecular weight excluding hydrogens is 390 g/mol. The standard InChI is InChI=1S/C25H25N3O3/c1-4-30-24(29)13-12-22-18(2)26-27(3)25(22)28-15-14-20-10-11-21(16-23(20)28)31-17-19-8-6-5-7-9-19/h5-16H,4,17H2,1-3H3/b13-12+. The van der Waals surface area contributed by atoms with Gasteiger partial charge in [0.2, 0.25) is 0 Å². The number of carbonyl (C=O) groups is 1. The minimum Gasteiger partial charge on any atom is -0.489 e. The molecule has 0 bridgehead atoms. The number of benzene rings is 2. The molecule has 0 aliphatic heterocycles. The molecule has 0 saturated heterocycles. The van der Waals surface area contributed by atoms with Gasteiger partial charge in [0.1, 0.15) is 18.2 Å². The first kappa shape index (κ1) is 20.5. The fourth-order valence-electron chi connectivity index (χ4n) is 3.61. The van der Waals surface area contributed by atoms with E-state index in [0.29, 0.717) is 13.2 Å². The van der Waals surface area contributed by atoms with Crippen molar-refractivity contribution in [3.8, 4) is 11.6 Å². The molecule has 0 saturated carbocycles. The second-order valence-electron chi connectivity index (χ2n) is 7.21. The fourth-order valence-corrected chi connectivity index (χ4v) is 3.61. The van der Waals surface area contributed by atoms with Crippen LogP contribution in [0, 0.1) is 6.92 Å². The summed E-state index contributed by atoms with van der Waals surface area (Å²) in [6, 6.07) is 18.2. The second-order valence-corrected chi connectivity index (χ2v) is 7.21. The van der Waals surface area contributed by atoms with Crippen molar-refractivity contribution < 1.29 is 14.3 Å². The van der Waals surface area contributed by atoms with Gasteiger partial charge in [0, 0.05) is 36.3 Å². The molecule has 0 spiro atoms. The van der Waals surface area contributed by atoms with Crippen molar-refractivity contribution in [3.63, 3.8) is 0 Å². The Hall–Kier alpha value is -3.80. The Morgan fingerprint density at radius 1 is 1.13 bits per heavy atom. The number of hydrogen-bond acceptors (Lipinski definition) is 4. The number of esters is 1. The summed E-state index contributed by atoms with van der Waals surface area (Å²) in [4.78, 5) is 11.8. The largest absolute Gasteiger partial charge is 0.489 e. The van der Waals surface area contributed by atoms with Crippen LogP contribution < -0.4 is 4.74 Å². The molecule has 2 heterocycles. The van der Waals surface area contributed by atoms with Crippen LogP contribution in [0.15, 0.2) is 66.9 Å². The van der Waals surface area contributed by atoms with Gasteiger partial charge in [-0.2, -0.15) is 5.10 Å². The highest BCUT2D eigenvalue weighted by Gasteiger charge is 2.16. The number of aromatic nitrogens is 3. The van der Waals surface area contributed by atoms with E-state index in [9.17, 15) is 4.79 Å². The monoisotopic (exact) mass is 415 g/mol. The molecule has 158 valence electrons. The van der Waals surface area contributed by atoms with Gasteiger partial charge in [-0.1, -0.05) is 30.3 Å². The molecular formula is C25H25N3O3. The van der Waals surface area contributed by atoms with Gasteiger partial charge in [0.05, 0.1) is 17.8 Å². The summed E-state index contributed by atoms with van der Waals surface area (Å²) in [5.41, 5.74) is 3.81. The van der Waals surface area contributed by atoms with Crippen molar-refractivity contribution in [1.29, 1.82) is 0 Å². The van der Waals surface area contributed by atoms with Gasteiger partial charge in [-0.15, -0.1) is 0 Å². The summed E-state index contributed by atoms with van der Waals surface area (Å²) < 4.78 is 14.9. The Balaban J connectivity index is 1.69. The molecule has 0 radical (unpaired) electrons. The maximum Gasteiger partial charge on any atom is 0.330 e. The zero-order chi connectivity index (χ0) is 21.8. The number of nitrogens with zero attached hydrogens (tertiary/aromatic N) is 3. The predicted molar refractivity (Wildman–Crippen MR) is 121 cm³/mol. The molecule has 0 aliphatic rings. The zero-order valence-corrected chi connectivity index (χ0v) is 17.9. The maximum absolute atomic E-state index is 11.8. The summed E-state index contributed by atoms with van der Waals surface area (Å²) in [7, 11) is 1.89. The highest BCUT2D eigenvalue weighted by molar-refractivity contribution is 5.89. The first-order valence-electron chi connectivity index (χ1n) is 10.2. The smallest absolute Gasteiger partial charge is 0.330 e. The SMILES string of the molecule is CCOC(=O)/C=C/c1c(C)nn(C)c1-n1ccc2ccc(OCc3ccccc3)cc21. The number of fused-ring (bicyclic) bond motifs is 1. The number of ether oxygens (including phenoxy) is 2. The van der Waals surface area contributed by atoms with Crippen molar-refractivity contribution >= 4 is 22.9 Å². The molecule has 6 nitrogen and oxygen atoms in total. The third-order valence-corrected chi connectivity index (χ3v) is 5.05. The van der Waals surface area contributed by atoms with E-state index in [1.807, 2.05) is 73.4 Å². The van der Waals surface area contributed by atoms with Gasteiger partial charge in [-0.3, -0.25) is 4.68 Å². The van der Waals surface area contributed by atoms with Gasteiger partial charge in [0.25, 0.3) is 0 Å². The molecule has 6 heteroatoms. The average molecular weight is 415 g/mol. The third kappa shape index (κ3) is 4.38. The van der Waals surface area contributed by atoms with E-state index in [1.165, 1.54) is 6.08 Å². The Kier molecular flexibility index (Phi) is 5.89. The quantitative estimate of drug-likeness (QED) is 0.321. The summed E-state index contributed by atoms with van der Waals surface area (Å²) in [5.74, 6) is 1.29. The molecule has 0 fully saturated rings. The van der Waals surface area contributed by atoms with Gasteiger partial charge in [-0.25, -0.2) is 4.79 Å². The van der Waals surface area contributed by atoms with E-state index >= 15 is 0 Å². The molecule has 2 aromatic carbocycles. The summed E-state index contributed by atoms with van der Waals surface area (Å²) in [6.45, 7) is 4.56. The number of rotatable bonds is 7. The maximum atomic E-state index is 11.8. The number of carbonyl (C=O) groups excluding carboxylic acids is 1. The summed E-state index contributed by atoms with van der Waals surface area (Å²) >= 11 is 0. The predicted octanol–water partition coefficient (Wildman–Crippen LogP) is 4.83. The molecule has 31 heavy (non-hydrogen) atoms. The van der Waals surface area contributed by atoms with E-state index in [-0.39, 0.29) is 5.97 Å². The zero-order valence-electron chi connectivity index (χ0n) is 17.9. The highest BCUT2D eigenvalue weighted by atomic mass is 16.5. The lowest BCUT2D eigenvalue weighted by Gasteiger charge is -2.10.